The van der Waals surface area contributed by atoms with E-state index in [0.717, 1.165) is 35.1 Å². The van der Waals surface area contributed by atoms with Gasteiger partial charge in [0.15, 0.2) is 15.8 Å². The number of nitrogens with one attached hydrogen (secondary N) is 1. The standard InChI is InChI=1S/C21H31N5O2S/c1-6-22-20(25-12-13-29(27,28)21(4,5)15-25)23-14-19-16(2)24-26(17(19)3)18-10-8-7-9-11-18/h7-11H,6,12-15H2,1-5H3,(H,22,23). The second kappa shape index (κ2) is 8.18. The van der Waals surface area contributed by atoms with Crippen molar-refractivity contribution in [1.29, 1.82) is 0 Å². The Bertz CT molecular complexity index is 994. The highest BCUT2D eigenvalue weighted by Crippen LogP contribution is 2.24. The number of para-hydroxylation sites is 1. The quantitative estimate of drug-likeness (QED) is 0.611. The van der Waals surface area contributed by atoms with Crippen molar-refractivity contribution in [2.45, 2.75) is 45.9 Å². The van der Waals surface area contributed by atoms with Gasteiger partial charge in [-0.25, -0.2) is 18.1 Å². The van der Waals surface area contributed by atoms with E-state index < -0.39 is 14.6 Å². The molecule has 0 radical (unpaired) electrons. The van der Waals surface area contributed by atoms with Crippen LogP contribution in [0.5, 0.6) is 0 Å². The topological polar surface area (TPSA) is 79.6 Å². The van der Waals surface area contributed by atoms with Crippen molar-refractivity contribution in [2.75, 3.05) is 25.4 Å². The lowest BCUT2D eigenvalue weighted by atomic mass is 10.2. The Balaban J connectivity index is 1.86. The molecule has 29 heavy (non-hydrogen) atoms. The molecule has 1 fully saturated rings. The maximum Gasteiger partial charge on any atom is 0.194 e. The van der Waals surface area contributed by atoms with E-state index in [4.69, 9.17) is 10.1 Å². The van der Waals surface area contributed by atoms with Crippen LogP contribution in [0.1, 0.15) is 37.7 Å². The fourth-order valence-corrected chi connectivity index (χ4v) is 4.99. The van der Waals surface area contributed by atoms with Crippen LogP contribution >= 0.6 is 0 Å². The van der Waals surface area contributed by atoms with Gasteiger partial charge in [-0.05, 0) is 46.8 Å². The third kappa shape index (κ3) is 4.32. The van der Waals surface area contributed by atoms with E-state index in [9.17, 15) is 8.42 Å². The third-order valence-electron chi connectivity index (χ3n) is 5.51. The summed E-state index contributed by atoms with van der Waals surface area (Å²) in [4.78, 5) is 6.89. The Morgan fingerprint density at radius 1 is 1.24 bits per heavy atom. The van der Waals surface area contributed by atoms with Crippen molar-refractivity contribution in [2.24, 2.45) is 4.99 Å². The number of sulfone groups is 1. The van der Waals surface area contributed by atoms with Crippen LogP contribution in [0.4, 0.5) is 0 Å². The van der Waals surface area contributed by atoms with Crippen LogP contribution in [0.2, 0.25) is 0 Å². The average molecular weight is 418 g/mol. The van der Waals surface area contributed by atoms with Gasteiger partial charge in [0.1, 0.15) is 0 Å². The van der Waals surface area contributed by atoms with Crippen LogP contribution in [0.25, 0.3) is 5.69 Å². The number of aliphatic imine (C=N–C) groups is 1. The van der Waals surface area contributed by atoms with Gasteiger partial charge in [0, 0.05) is 30.9 Å². The second-order valence-corrected chi connectivity index (χ2v) is 10.8. The van der Waals surface area contributed by atoms with E-state index in [1.807, 2.05) is 48.9 Å². The van der Waals surface area contributed by atoms with E-state index in [2.05, 4.69) is 17.1 Å². The molecule has 0 atom stereocenters. The summed E-state index contributed by atoms with van der Waals surface area (Å²) in [6.45, 7) is 11.8. The number of rotatable bonds is 4. The van der Waals surface area contributed by atoms with Gasteiger partial charge in [0.25, 0.3) is 0 Å². The number of guanidine groups is 1. The minimum atomic E-state index is -3.09. The molecule has 8 heteroatoms. The average Bonchev–Trinajstić information content (AvgIpc) is 2.96. The molecule has 1 N–H and O–H groups in total. The predicted molar refractivity (Wildman–Crippen MR) is 117 cm³/mol. The molecule has 0 bridgehead atoms. The highest BCUT2D eigenvalue weighted by Gasteiger charge is 2.41. The van der Waals surface area contributed by atoms with E-state index >= 15 is 0 Å². The molecule has 0 saturated carbocycles. The molecule has 1 aliphatic heterocycles. The molecular formula is C21H31N5O2S. The molecule has 7 nitrogen and oxygen atoms in total. The zero-order valence-corrected chi connectivity index (χ0v) is 18.8. The summed E-state index contributed by atoms with van der Waals surface area (Å²) >= 11 is 0. The van der Waals surface area contributed by atoms with Crippen LogP contribution < -0.4 is 5.32 Å². The summed E-state index contributed by atoms with van der Waals surface area (Å²) in [5, 5.41) is 8.01. The van der Waals surface area contributed by atoms with Gasteiger partial charge in [0.2, 0.25) is 0 Å². The van der Waals surface area contributed by atoms with Gasteiger partial charge in [-0.2, -0.15) is 5.10 Å². The highest BCUT2D eigenvalue weighted by atomic mass is 32.2. The zero-order chi connectivity index (χ0) is 21.2. The fraction of sp³-hybridized carbons (Fsp3) is 0.524. The molecule has 2 heterocycles. The molecule has 0 unspecified atom stereocenters. The minimum Gasteiger partial charge on any atom is -0.357 e. The van der Waals surface area contributed by atoms with E-state index in [1.54, 1.807) is 13.8 Å². The Labute approximate surface area is 173 Å². The lowest BCUT2D eigenvalue weighted by Crippen LogP contribution is -2.57. The molecule has 1 aliphatic rings. The van der Waals surface area contributed by atoms with Gasteiger partial charge >= 0.3 is 0 Å². The Morgan fingerprint density at radius 2 is 1.93 bits per heavy atom. The lowest BCUT2D eigenvalue weighted by Gasteiger charge is -2.39. The molecular weight excluding hydrogens is 386 g/mol. The maximum absolute atomic E-state index is 12.3. The van der Waals surface area contributed by atoms with Gasteiger partial charge in [-0.3, -0.25) is 0 Å². The fourth-order valence-electron chi connectivity index (χ4n) is 3.63. The van der Waals surface area contributed by atoms with E-state index in [-0.39, 0.29) is 5.75 Å². The summed E-state index contributed by atoms with van der Waals surface area (Å²) in [6.07, 6.45) is 0. The second-order valence-electron chi connectivity index (χ2n) is 8.07. The molecule has 1 aromatic heterocycles. The minimum absolute atomic E-state index is 0.147. The summed E-state index contributed by atoms with van der Waals surface area (Å²) in [6, 6.07) is 10.1. The number of hydrogen-bond donors (Lipinski definition) is 1. The zero-order valence-electron chi connectivity index (χ0n) is 17.9. The van der Waals surface area contributed by atoms with Gasteiger partial charge in [-0.15, -0.1) is 0 Å². The predicted octanol–water partition coefficient (Wildman–Crippen LogP) is 2.46. The first-order valence-electron chi connectivity index (χ1n) is 10.0. The molecule has 0 aliphatic carbocycles. The van der Waals surface area contributed by atoms with E-state index in [1.165, 1.54) is 0 Å². The third-order valence-corrected chi connectivity index (χ3v) is 8.04. The summed E-state index contributed by atoms with van der Waals surface area (Å²) in [5.74, 6) is 0.899. The molecule has 2 aromatic rings. The number of benzene rings is 1. The first-order valence-corrected chi connectivity index (χ1v) is 11.7. The number of aromatic nitrogens is 2. The van der Waals surface area contributed by atoms with Crippen LogP contribution in [0.15, 0.2) is 35.3 Å². The smallest absolute Gasteiger partial charge is 0.194 e. The van der Waals surface area contributed by atoms with Crippen LogP contribution in [0, 0.1) is 13.8 Å². The van der Waals surface area contributed by atoms with Crippen molar-refractivity contribution >= 4 is 15.8 Å². The van der Waals surface area contributed by atoms with Crippen LogP contribution in [-0.4, -0.2) is 59.2 Å². The first kappa shape index (κ1) is 21.4. The molecule has 158 valence electrons. The largest absolute Gasteiger partial charge is 0.357 e. The Hall–Kier alpha value is -2.35. The van der Waals surface area contributed by atoms with Crippen molar-refractivity contribution in [3.8, 4) is 5.69 Å². The Morgan fingerprint density at radius 3 is 2.55 bits per heavy atom. The van der Waals surface area contributed by atoms with Gasteiger partial charge < -0.3 is 10.2 Å². The van der Waals surface area contributed by atoms with Gasteiger partial charge in [-0.1, -0.05) is 18.2 Å². The first-order chi connectivity index (χ1) is 13.7. The molecule has 1 saturated heterocycles. The van der Waals surface area contributed by atoms with Crippen molar-refractivity contribution < 1.29 is 8.42 Å². The number of nitrogens with zero attached hydrogens (tertiary/aromatic N) is 4. The Kier molecular flexibility index (Phi) is 6.03. The molecule has 0 spiro atoms. The van der Waals surface area contributed by atoms with Crippen molar-refractivity contribution in [1.82, 2.24) is 20.0 Å². The molecule has 3 rings (SSSR count). The van der Waals surface area contributed by atoms with Gasteiger partial charge in [0.05, 0.1) is 28.4 Å². The highest BCUT2D eigenvalue weighted by molar-refractivity contribution is 7.92. The summed E-state index contributed by atoms with van der Waals surface area (Å²) < 4.78 is 25.8. The molecule has 1 aromatic carbocycles. The normalized spacial score (nSPS) is 18.7. The lowest BCUT2D eigenvalue weighted by molar-refractivity contribution is 0.353. The number of hydrogen-bond acceptors (Lipinski definition) is 4. The van der Waals surface area contributed by atoms with Crippen molar-refractivity contribution in [3.05, 3.63) is 47.3 Å². The summed E-state index contributed by atoms with van der Waals surface area (Å²) in [5.41, 5.74) is 4.13. The monoisotopic (exact) mass is 417 g/mol. The number of aryl methyl sites for hydroxylation is 1. The van der Waals surface area contributed by atoms with Crippen molar-refractivity contribution in [3.63, 3.8) is 0 Å². The van der Waals surface area contributed by atoms with Crippen LogP contribution in [-0.2, 0) is 16.4 Å². The summed E-state index contributed by atoms with van der Waals surface area (Å²) in [7, 11) is -3.09. The maximum atomic E-state index is 12.3. The van der Waals surface area contributed by atoms with Crippen LogP contribution in [0.3, 0.4) is 0 Å². The molecule has 0 amide bonds. The van der Waals surface area contributed by atoms with E-state index in [0.29, 0.717) is 19.6 Å². The SMILES string of the molecule is CCNC(=NCc1c(C)nn(-c2ccccc2)c1C)N1CCS(=O)(=O)C(C)(C)C1.